The van der Waals surface area contributed by atoms with Crippen LogP contribution in [0.1, 0.15) is 32.1 Å². The monoisotopic (exact) mass is 487 g/mol. The van der Waals surface area contributed by atoms with E-state index >= 15 is 0 Å². The number of aromatic nitrogens is 3. The van der Waals surface area contributed by atoms with Gasteiger partial charge in [0.1, 0.15) is 0 Å². The lowest BCUT2D eigenvalue weighted by molar-refractivity contribution is 0.162. The van der Waals surface area contributed by atoms with E-state index < -0.39 is 21.1 Å². The van der Waals surface area contributed by atoms with E-state index in [4.69, 9.17) is 11.6 Å². The Morgan fingerprint density at radius 2 is 1.82 bits per heavy atom. The number of sulfone groups is 1. The van der Waals surface area contributed by atoms with Crippen molar-refractivity contribution in [3.63, 3.8) is 0 Å². The van der Waals surface area contributed by atoms with Crippen LogP contribution in [0.25, 0.3) is 21.8 Å². The molecule has 1 fully saturated rings. The number of aromatic amines is 1. The van der Waals surface area contributed by atoms with Gasteiger partial charge in [-0.2, -0.15) is 0 Å². The van der Waals surface area contributed by atoms with Crippen LogP contribution in [0.4, 0.5) is 0 Å². The minimum Gasteiger partial charge on any atom is -0.421 e. The van der Waals surface area contributed by atoms with Crippen molar-refractivity contribution in [1.29, 1.82) is 0 Å². The molecule has 0 bridgehead atoms. The summed E-state index contributed by atoms with van der Waals surface area (Å²) in [4.78, 5) is 26.4. The molecule has 1 aliphatic carbocycles. The summed E-state index contributed by atoms with van der Waals surface area (Å²) >= 11 is 6.09. The van der Waals surface area contributed by atoms with E-state index in [0.717, 1.165) is 17.4 Å². The van der Waals surface area contributed by atoms with Crippen molar-refractivity contribution in [1.82, 2.24) is 14.3 Å². The van der Waals surface area contributed by atoms with Crippen LogP contribution >= 0.6 is 11.6 Å². The molecule has 0 amide bonds. The van der Waals surface area contributed by atoms with Crippen molar-refractivity contribution in [2.75, 3.05) is 0 Å². The smallest absolute Gasteiger partial charge is 0.362 e. The quantitative estimate of drug-likeness (QED) is 0.423. The molecular weight excluding hydrogens is 466 g/mol. The van der Waals surface area contributed by atoms with Crippen LogP contribution in [0.3, 0.4) is 0 Å². The Hall–Kier alpha value is -3.04. The fraction of sp³-hybridized carbons (Fsp3) is 0.304. The summed E-state index contributed by atoms with van der Waals surface area (Å²) in [5.41, 5.74) is -1.66. The average molecular weight is 488 g/mol. The molecule has 1 aliphatic rings. The lowest BCUT2D eigenvalue weighted by Crippen LogP contribution is -2.33. The third-order valence-electron chi connectivity index (χ3n) is 6.47. The van der Waals surface area contributed by atoms with E-state index in [1.807, 2.05) is 12.3 Å². The zero-order valence-corrected chi connectivity index (χ0v) is 19.2. The van der Waals surface area contributed by atoms with Gasteiger partial charge < -0.3 is 14.8 Å². The molecule has 0 spiro atoms. The minimum absolute atomic E-state index is 0.0382. The summed E-state index contributed by atoms with van der Waals surface area (Å²) in [7, 11) is -4.12. The molecule has 0 radical (unpaired) electrons. The molecule has 0 atom stereocenters. The van der Waals surface area contributed by atoms with Crippen molar-refractivity contribution < 1.29 is 13.6 Å². The lowest BCUT2D eigenvalue weighted by Gasteiger charge is -2.22. The van der Waals surface area contributed by atoms with Crippen LogP contribution < -0.4 is 11.2 Å². The molecule has 0 aliphatic heterocycles. The highest BCUT2D eigenvalue weighted by Crippen LogP contribution is 2.32. The highest BCUT2D eigenvalue weighted by atomic mass is 35.5. The molecule has 4 aromatic rings. The molecule has 33 heavy (non-hydrogen) atoms. The highest BCUT2D eigenvalue weighted by Gasteiger charge is 2.25. The van der Waals surface area contributed by atoms with Crippen LogP contribution in [0.5, 0.6) is 0 Å². The Balaban J connectivity index is 1.65. The first-order valence-corrected chi connectivity index (χ1v) is 12.6. The molecule has 8 nitrogen and oxygen atoms in total. The van der Waals surface area contributed by atoms with Crippen LogP contribution in [-0.2, 0) is 16.4 Å². The third-order valence-corrected chi connectivity index (χ3v) is 8.58. The summed E-state index contributed by atoms with van der Waals surface area (Å²) < 4.78 is 29.1. The van der Waals surface area contributed by atoms with Gasteiger partial charge in [-0.15, -0.1) is 0 Å². The zero-order chi connectivity index (χ0) is 23.3. The SMILES string of the molecule is O=c1[nH]c2c(S(=O)(=O)c3ccc4ccn(CC5CCCCC5)c4c3)ccc(Cl)c2c(=O)n1O. The van der Waals surface area contributed by atoms with Gasteiger partial charge in [-0.1, -0.05) is 41.7 Å². The summed E-state index contributed by atoms with van der Waals surface area (Å²) in [5.74, 6) is 0.570. The number of hydrogen-bond donors (Lipinski definition) is 2. The maximum atomic E-state index is 13.6. The van der Waals surface area contributed by atoms with Crippen LogP contribution in [0, 0.1) is 5.92 Å². The van der Waals surface area contributed by atoms with Gasteiger partial charge in [-0.05, 0) is 54.5 Å². The second-order valence-corrected chi connectivity index (χ2v) is 10.9. The third kappa shape index (κ3) is 3.65. The van der Waals surface area contributed by atoms with Gasteiger partial charge in [0.15, 0.2) is 0 Å². The Labute approximate surface area is 193 Å². The molecule has 5 rings (SSSR count). The van der Waals surface area contributed by atoms with E-state index in [1.54, 1.807) is 12.1 Å². The van der Waals surface area contributed by atoms with Crippen LogP contribution in [0.2, 0.25) is 5.02 Å². The molecule has 2 N–H and O–H groups in total. The normalized spacial score (nSPS) is 15.4. The number of halogens is 1. The molecule has 0 unspecified atom stereocenters. The summed E-state index contributed by atoms with van der Waals surface area (Å²) in [5, 5.41) is 10.2. The maximum absolute atomic E-state index is 13.6. The molecule has 172 valence electrons. The van der Waals surface area contributed by atoms with E-state index in [9.17, 15) is 23.2 Å². The van der Waals surface area contributed by atoms with Gasteiger partial charge in [0, 0.05) is 18.3 Å². The number of rotatable bonds is 4. The minimum atomic E-state index is -4.12. The average Bonchev–Trinajstić information content (AvgIpc) is 3.20. The number of H-pyrrole nitrogens is 1. The first-order chi connectivity index (χ1) is 15.8. The van der Waals surface area contributed by atoms with E-state index in [2.05, 4.69) is 9.55 Å². The standard InChI is InChI=1S/C23H22ClN3O5S/c24-17-8-9-19(21-20(17)22(28)27(30)23(29)25-21)33(31,32)16-7-6-15-10-11-26(18(15)12-16)13-14-4-2-1-3-5-14/h6-12,14,30H,1-5,13H2,(H,25,29). The predicted molar refractivity (Wildman–Crippen MR) is 125 cm³/mol. The zero-order valence-electron chi connectivity index (χ0n) is 17.6. The van der Waals surface area contributed by atoms with Gasteiger partial charge in [0.25, 0.3) is 5.56 Å². The van der Waals surface area contributed by atoms with Crippen molar-refractivity contribution in [3.05, 3.63) is 68.5 Å². The number of fused-ring (bicyclic) bond motifs is 2. The molecule has 10 heteroatoms. The van der Waals surface area contributed by atoms with Crippen molar-refractivity contribution >= 4 is 43.2 Å². The summed E-state index contributed by atoms with van der Waals surface area (Å²) in [6.07, 6.45) is 8.04. The maximum Gasteiger partial charge on any atom is 0.362 e. The summed E-state index contributed by atoms with van der Waals surface area (Å²) in [6.45, 7) is 0.834. The molecule has 2 aromatic heterocycles. The van der Waals surface area contributed by atoms with E-state index in [1.165, 1.54) is 50.3 Å². The van der Waals surface area contributed by atoms with Gasteiger partial charge in [0.2, 0.25) is 9.84 Å². The number of nitrogens with zero attached hydrogens (tertiary/aromatic N) is 2. The van der Waals surface area contributed by atoms with E-state index in [0.29, 0.717) is 5.92 Å². The number of hydrogen-bond acceptors (Lipinski definition) is 5. The van der Waals surface area contributed by atoms with Gasteiger partial charge >= 0.3 is 5.69 Å². The first-order valence-electron chi connectivity index (χ1n) is 10.8. The molecule has 0 saturated heterocycles. The fourth-order valence-electron chi connectivity index (χ4n) is 4.74. The Kier molecular flexibility index (Phi) is 5.33. The number of benzene rings is 2. The Bertz CT molecular complexity index is 1610. The second kappa shape index (κ2) is 8.07. The van der Waals surface area contributed by atoms with Gasteiger partial charge in [0.05, 0.1) is 25.7 Å². The highest BCUT2D eigenvalue weighted by molar-refractivity contribution is 7.91. The fourth-order valence-corrected chi connectivity index (χ4v) is 6.41. The van der Waals surface area contributed by atoms with Crippen molar-refractivity contribution in [3.8, 4) is 0 Å². The van der Waals surface area contributed by atoms with E-state index in [-0.39, 0.29) is 30.4 Å². The largest absolute Gasteiger partial charge is 0.421 e. The predicted octanol–water partition coefficient (Wildman–Crippen LogP) is 3.95. The molecule has 2 heterocycles. The molecule has 2 aromatic carbocycles. The van der Waals surface area contributed by atoms with Crippen molar-refractivity contribution in [2.45, 2.75) is 48.4 Å². The van der Waals surface area contributed by atoms with Crippen molar-refractivity contribution in [2.24, 2.45) is 5.92 Å². The Morgan fingerprint density at radius 1 is 1.06 bits per heavy atom. The van der Waals surface area contributed by atoms with Gasteiger partial charge in [-0.25, -0.2) is 13.2 Å². The Morgan fingerprint density at radius 3 is 2.58 bits per heavy atom. The van der Waals surface area contributed by atoms with Crippen LogP contribution in [-0.4, -0.2) is 27.9 Å². The summed E-state index contributed by atoms with van der Waals surface area (Å²) in [6, 6.07) is 9.37. The molecule has 1 saturated carbocycles. The molecular formula is C23H22ClN3O5S. The topological polar surface area (TPSA) is 114 Å². The first kappa shape index (κ1) is 21.8. The van der Waals surface area contributed by atoms with Crippen LogP contribution in [0.15, 0.2) is 62.0 Å². The van der Waals surface area contributed by atoms with Gasteiger partial charge in [-0.3, -0.25) is 4.79 Å². The second-order valence-electron chi connectivity index (χ2n) is 8.54. The lowest BCUT2D eigenvalue weighted by atomic mass is 9.89. The number of nitrogens with one attached hydrogen (secondary N) is 1.